The molecule has 152 valence electrons. The fourth-order valence-corrected chi connectivity index (χ4v) is 4.04. The summed E-state index contributed by atoms with van der Waals surface area (Å²) in [6.07, 6.45) is 1.38. The van der Waals surface area contributed by atoms with E-state index in [1.165, 1.54) is 35.1 Å². The third kappa shape index (κ3) is 4.44. The molecule has 0 aliphatic rings. The second kappa shape index (κ2) is 8.67. The summed E-state index contributed by atoms with van der Waals surface area (Å²) in [6, 6.07) is 14.8. The van der Waals surface area contributed by atoms with Crippen molar-refractivity contribution in [1.82, 2.24) is 14.7 Å². The second-order valence-electron chi connectivity index (χ2n) is 6.19. The molecule has 3 rings (SSSR count). The number of para-hydroxylation sites is 1. The standard InChI is InChI=1S/C20H21ClN4O3S/c1-3-24(4-2)20(26)18-14-22-25(16-8-6-5-7-9-16)19(18)23-29(27,28)17-12-10-15(21)11-13-17/h5-14,23H,3-4H2,1-2H3. The van der Waals surface area contributed by atoms with Gasteiger partial charge in [0.2, 0.25) is 0 Å². The number of nitrogens with one attached hydrogen (secondary N) is 1. The summed E-state index contributed by atoms with van der Waals surface area (Å²) in [6.45, 7) is 4.71. The van der Waals surface area contributed by atoms with Gasteiger partial charge in [0.15, 0.2) is 5.82 Å². The first-order chi connectivity index (χ1) is 13.9. The Morgan fingerprint density at radius 2 is 1.69 bits per heavy atom. The fraction of sp³-hybridized carbons (Fsp3) is 0.200. The van der Waals surface area contributed by atoms with Crippen LogP contribution in [0.4, 0.5) is 5.82 Å². The van der Waals surface area contributed by atoms with Gasteiger partial charge in [-0.25, -0.2) is 13.1 Å². The van der Waals surface area contributed by atoms with Crippen molar-refractivity contribution in [3.05, 3.63) is 71.4 Å². The average molecular weight is 433 g/mol. The van der Waals surface area contributed by atoms with E-state index in [2.05, 4.69) is 9.82 Å². The Morgan fingerprint density at radius 3 is 2.28 bits per heavy atom. The molecule has 3 aromatic rings. The van der Waals surface area contributed by atoms with Crippen LogP contribution in [0.25, 0.3) is 5.69 Å². The molecular formula is C20H21ClN4O3S. The lowest BCUT2D eigenvalue weighted by Gasteiger charge is -2.19. The molecule has 0 unspecified atom stereocenters. The summed E-state index contributed by atoms with van der Waals surface area (Å²) in [5, 5.41) is 4.70. The third-order valence-corrected chi connectivity index (χ3v) is 6.01. The maximum Gasteiger partial charge on any atom is 0.263 e. The van der Waals surface area contributed by atoms with E-state index in [9.17, 15) is 13.2 Å². The predicted molar refractivity (Wildman–Crippen MR) is 113 cm³/mol. The van der Waals surface area contributed by atoms with Gasteiger partial charge in [-0.3, -0.25) is 9.52 Å². The molecule has 0 aliphatic heterocycles. The molecule has 1 N–H and O–H groups in total. The van der Waals surface area contributed by atoms with E-state index in [1.807, 2.05) is 19.9 Å². The van der Waals surface area contributed by atoms with E-state index in [4.69, 9.17) is 11.6 Å². The Hall–Kier alpha value is -2.84. The molecule has 0 spiro atoms. The van der Waals surface area contributed by atoms with Gasteiger partial charge < -0.3 is 4.90 Å². The van der Waals surface area contributed by atoms with Crippen molar-refractivity contribution >= 4 is 33.3 Å². The Labute approximate surface area is 175 Å². The first-order valence-corrected chi connectivity index (χ1v) is 10.9. The van der Waals surface area contributed by atoms with Crippen molar-refractivity contribution in [3.63, 3.8) is 0 Å². The van der Waals surface area contributed by atoms with Gasteiger partial charge >= 0.3 is 0 Å². The topological polar surface area (TPSA) is 84.3 Å². The number of carbonyl (C=O) groups excluding carboxylic acids is 1. The second-order valence-corrected chi connectivity index (χ2v) is 8.31. The van der Waals surface area contributed by atoms with Crippen LogP contribution in [0.2, 0.25) is 5.02 Å². The van der Waals surface area contributed by atoms with Crippen LogP contribution in [0.15, 0.2) is 65.7 Å². The van der Waals surface area contributed by atoms with Crippen LogP contribution in [0.1, 0.15) is 24.2 Å². The first kappa shape index (κ1) is 20.9. The number of sulfonamides is 1. The van der Waals surface area contributed by atoms with E-state index in [-0.39, 0.29) is 22.2 Å². The highest BCUT2D eigenvalue weighted by Crippen LogP contribution is 2.25. The van der Waals surface area contributed by atoms with Gasteiger partial charge in [0.05, 0.1) is 16.8 Å². The smallest absolute Gasteiger partial charge is 0.263 e. The van der Waals surface area contributed by atoms with Crippen molar-refractivity contribution < 1.29 is 13.2 Å². The maximum absolute atomic E-state index is 13.0. The Balaban J connectivity index is 2.10. The van der Waals surface area contributed by atoms with E-state index < -0.39 is 10.0 Å². The molecule has 0 fully saturated rings. The van der Waals surface area contributed by atoms with Crippen LogP contribution < -0.4 is 4.72 Å². The number of amides is 1. The molecule has 1 aromatic heterocycles. The quantitative estimate of drug-likeness (QED) is 0.615. The zero-order valence-electron chi connectivity index (χ0n) is 16.0. The van der Waals surface area contributed by atoms with Gasteiger partial charge in [0, 0.05) is 18.1 Å². The molecule has 1 amide bonds. The van der Waals surface area contributed by atoms with Crippen molar-refractivity contribution in [2.75, 3.05) is 17.8 Å². The first-order valence-electron chi connectivity index (χ1n) is 9.08. The van der Waals surface area contributed by atoms with Crippen molar-refractivity contribution in [1.29, 1.82) is 0 Å². The molecule has 29 heavy (non-hydrogen) atoms. The zero-order chi connectivity index (χ0) is 21.0. The number of anilines is 1. The van der Waals surface area contributed by atoms with Crippen molar-refractivity contribution in [3.8, 4) is 5.69 Å². The van der Waals surface area contributed by atoms with Gasteiger partial charge in [-0.1, -0.05) is 29.8 Å². The highest BCUT2D eigenvalue weighted by atomic mass is 35.5. The molecule has 0 aliphatic carbocycles. The minimum absolute atomic E-state index is 0.0314. The normalized spacial score (nSPS) is 11.3. The number of hydrogen-bond donors (Lipinski definition) is 1. The molecule has 1 heterocycles. The number of carbonyl (C=O) groups is 1. The lowest BCUT2D eigenvalue weighted by molar-refractivity contribution is 0.0774. The molecule has 9 heteroatoms. The van der Waals surface area contributed by atoms with Crippen molar-refractivity contribution in [2.45, 2.75) is 18.7 Å². The van der Waals surface area contributed by atoms with Crippen LogP contribution in [0.5, 0.6) is 0 Å². The molecule has 0 bridgehead atoms. The minimum Gasteiger partial charge on any atom is -0.339 e. The van der Waals surface area contributed by atoms with Crippen molar-refractivity contribution in [2.24, 2.45) is 0 Å². The van der Waals surface area contributed by atoms with Crippen LogP contribution in [0.3, 0.4) is 0 Å². The van der Waals surface area contributed by atoms with Gasteiger partial charge in [-0.2, -0.15) is 5.10 Å². The van der Waals surface area contributed by atoms with Gasteiger partial charge in [0.1, 0.15) is 5.56 Å². The van der Waals surface area contributed by atoms with Crippen LogP contribution >= 0.6 is 11.6 Å². The summed E-state index contributed by atoms with van der Waals surface area (Å²) in [5.74, 6) is -0.214. The zero-order valence-corrected chi connectivity index (χ0v) is 17.6. The van der Waals surface area contributed by atoms with Gasteiger partial charge in [-0.05, 0) is 50.2 Å². The summed E-state index contributed by atoms with van der Waals surface area (Å²) >= 11 is 5.86. The molecule has 7 nitrogen and oxygen atoms in total. The Bertz CT molecular complexity index is 1090. The molecule has 0 saturated carbocycles. The summed E-state index contributed by atoms with van der Waals surface area (Å²) in [4.78, 5) is 14.6. The van der Waals surface area contributed by atoms with Crippen LogP contribution in [-0.4, -0.2) is 42.1 Å². The molecule has 0 saturated heterocycles. The summed E-state index contributed by atoms with van der Waals surface area (Å²) in [7, 11) is -3.97. The van der Waals surface area contributed by atoms with Crippen LogP contribution in [-0.2, 0) is 10.0 Å². The number of aromatic nitrogens is 2. The maximum atomic E-state index is 13.0. The molecule has 2 aromatic carbocycles. The summed E-state index contributed by atoms with van der Waals surface area (Å²) in [5.41, 5.74) is 0.801. The SMILES string of the molecule is CCN(CC)C(=O)c1cnn(-c2ccccc2)c1NS(=O)(=O)c1ccc(Cl)cc1. The Kier molecular flexibility index (Phi) is 6.24. The highest BCUT2D eigenvalue weighted by molar-refractivity contribution is 7.92. The highest BCUT2D eigenvalue weighted by Gasteiger charge is 2.26. The van der Waals surface area contributed by atoms with Crippen LogP contribution in [0, 0.1) is 0 Å². The predicted octanol–water partition coefficient (Wildman–Crippen LogP) is 3.81. The summed E-state index contributed by atoms with van der Waals surface area (Å²) < 4.78 is 29.9. The molecule has 0 radical (unpaired) electrons. The Morgan fingerprint density at radius 1 is 1.07 bits per heavy atom. The fourth-order valence-electron chi connectivity index (χ4n) is 2.85. The van der Waals surface area contributed by atoms with Gasteiger partial charge in [-0.15, -0.1) is 0 Å². The van der Waals surface area contributed by atoms with E-state index in [0.29, 0.717) is 23.8 Å². The van der Waals surface area contributed by atoms with E-state index in [0.717, 1.165) is 0 Å². The largest absolute Gasteiger partial charge is 0.339 e. The van der Waals surface area contributed by atoms with E-state index in [1.54, 1.807) is 29.2 Å². The number of halogens is 1. The van der Waals surface area contributed by atoms with E-state index >= 15 is 0 Å². The number of nitrogens with zero attached hydrogens (tertiary/aromatic N) is 3. The molecule has 0 atom stereocenters. The van der Waals surface area contributed by atoms with Gasteiger partial charge in [0.25, 0.3) is 15.9 Å². The lowest BCUT2D eigenvalue weighted by atomic mass is 10.2. The lowest BCUT2D eigenvalue weighted by Crippen LogP contribution is -2.31. The molecular weight excluding hydrogens is 412 g/mol. The monoisotopic (exact) mass is 432 g/mol. The number of benzene rings is 2. The number of rotatable bonds is 7. The number of hydrogen-bond acceptors (Lipinski definition) is 4. The minimum atomic E-state index is -3.97. The average Bonchev–Trinajstić information content (AvgIpc) is 3.12. The third-order valence-electron chi connectivity index (χ3n) is 4.41.